The Kier molecular flexibility index (Phi) is 3.01. The maximum atomic E-state index is 10.7. The fraction of sp³-hybridized carbons (Fsp3) is 0.250. The van der Waals surface area contributed by atoms with Gasteiger partial charge in [0.1, 0.15) is 5.69 Å². The molecule has 0 amide bonds. The van der Waals surface area contributed by atoms with Gasteiger partial charge < -0.3 is 5.73 Å². The number of hydrogen-bond donors (Lipinski definition) is 1. The molecule has 1 aromatic heterocycles. The summed E-state index contributed by atoms with van der Waals surface area (Å²) in [6.07, 6.45) is 1.82. The lowest BCUT2D eigenvalue weighted by atomic mass is 10.1. The van der Waals surface area contributed by atoms with Crippen molar-refractivity contribution in [2.45, 2.75) is 19.8 Å². The van der Waals surface area contributed by atoms with E-state index in [1.165, 1.54) is 6.07 Å². The van der Waals surface area contributed by atoms with Gasteiger partial charge in [-0.3, -0.25) is 10.1 Å². The van der Waals surface area contributed by atoms with Gasteiger partial charge in [0.2, 0.25) is 0 Å². The van der Waals surface area contributed by atoms with Gasteiger partial charge in [-0.15, -0.1) is 0 Å². The van der Waals surface area contributed by atoms with Crippen molar-refractivity contribution in [2.75, 3.05) is 5.73 Å². The van der Waals surface area contributed by atoms with E-state index in [4.69, 9.17) is 5.73 Å². The molecule has 0 radical (unpaired) electrons. The van der Waals surface area contributed by atoms with E-state index in [0.717, 1.165) is 5.69 Å². The first-order chi connectivity index (χ1) is 8.49. The highest BCUT2D eigenvalue weighted by molar-refractivity contribution is 5.62. The summed E-state index contributed by atoms with van der Waals surface area (Å²) < 4.78 is 1.66. The van der Waals surface area contributed by atoms with Gasteiger partial charge in [0.15, 0.2) is 0 Å². The van der Waals surface area contributed by atoms with Gasteiger partial charge in [0, 0.05) is 12.3 Å². The van der Waals surface area contributed by atoms with Crippen LogP contribution in [0.4, 0.5) is 11.4 Å². The summed E-state index contributed by atoms with van der Waals surface area (Å²) in [6.45, 7) is 4.10. The fourth-order valence-corrected chi connectivity index (χ4v) is 1.64. The minimum atomic E-state index is -0.498. The molecule has 0 aliphatic heterocycles. The van der Waals surface area contributed by atoms with E-state index in [-0.39, 0.29) is 11.4 Å². The zero-order valence-electron chi connectivity index (χ0n) is 10.2. The Morgan fingerprint density at radius 2 is 2.11 bits per heavy atom. The summed E-state index contributed by atoms with van der Waals surface area (Å²) in [7, 11) is 0. The van der Waals surface area contributed by atoms with Crippen LogP contribution in [0, 0.1) is 10.1 Å². The smallest absolute Gasteiger partial charge is 0.292 e. The molecular weight excluding hydrogens is 232 g/mol. The number of nitrogens with zero attached hydrogens (tertiary/aromatic N) is 3. The van der Waals surface area contributed by atoms with E-state index in [1.807, 2.05) is 12.3 Å². The van der Waals surface area contributed by atoms with E-state index in [0.29, 0.717) is 11.6 Å². The van der Waals surface area contributed by atoms with Crippen LogP contribution < -0.4 is 5.73 Å². The quantitative estimate of drug-likeness (QED) is 0.512. The van der Waals surface area contributed by atoms with Gasteiger partial charge in [0.25, 0.3) is 5.69 Å². The van der Waals surface area contributed by atoms with Crippen molar-refractivity contribution in [1.29, 1.82) is 0 Å². The lowest BCUT2D eigenvalue weighted by Gasteiger charge is -2.04. The molecule has 18 heavy (non-hydrogen) atoms. The third kappa shape index (κ3) is 2.17. The summed E-state index contributed by atoms with van der Waals surface area (Å²) in [5.74, 6) is 0.335. The summed E-state index contributed by atoms with van der Waals surface area (Å²) in [4.78, 5) is 10.2. The highest BCUT2D eigenvalue weighted by atomic mass is 16.6. The number of anilines is 1. The van der Waals surface area contributed by atoms with Crippen LogP contribution in [-0.4, -0.2) is 14.7 Å². The maximum Gasteiger partial charge on any atom is 0.292 e. The van der Waals surface area contributed by atoms with Crippen molar-refractivity contribution >= 4 is 11.4 Å². The molecule has 1 aromatic carbocycles. The molecule has 94 valence electrons. The van der Waals surface area contributed by atoms with Crippen LogP contribution in [0.1, 0.15) is 25.5 Å². The van der Waals surface area contributed by atoms with Crippen LogP contribution in [0.5, 0.6) is 0 Å². The van der Waals surface area contributed by atoms with Crippen molar-refractivity contribution in [1.82, 2.24) is 9.78 Å². The number of nitrogen functional groups attached to an aromatic ring is 1. The predicted molar refractivity (Wildman–Crippen MR) is 68.7 cm³/mol. The molecule has 6 heteroatoms. The number of nitrogens with two attached hydrogens (primary N) is 1. The van der Waals surface area contributed by atoms with E-state index in [2.05, 4.69) is 18.9 Å². The molecular formula is C12H14N4O2. The largest absolute Gasteiger partial charge is 0.393 e. The van der Waals surface area contributed by atoms with Crippen LogP contribution in [0.25, 0.3) is 5.69 Å². The van der Waals surface area contributed by atoms with Crippen LogP contribution >= 0.6 is 0 Å². The average molecular weight is 246 g/mol. The first-order valence-corrected chi connectivity index (χ1v) is 5.59. The second-order valence-electron chi connectivity index (χ2n) is 4.34. The minimum Gasteiger partial charge on any atom is -0.393 e. The number of rotatable bonds is 3. The van der Waals surface area contributed by atoms with Gasteiger partial charge in [0.05, 0.1) is 16.3 Å². The Morgan fingerprint density at radius 3 is 2.61 bits per heavy atom. The Labute approximate surface area is 104 Å². The zero-order chi connectivity index (χ0) is 13.3. The molecule has 2 N–H and O–H groups in total. The molecule has 0 fully saturated rings. The SMILES string of the molecule is CC(C)c1ccn(-c2ccc([N+](=O)[O-])c(N)c2)n1. The van der Waals surface area contributed by atoms with E-state index in [1.54, 1.807) is 16.8 Å². The van der Waals surface area contributed by atoms with Gasteiger partial charge in [-0.05, 0) is 24.1 Å². The lowest BCUT2D eigenvalue weighted by Crippen LogP contribution is -2.00. The molecule has 6 nitrogen and oxygen atoms in total. The van der Waals surface area contributed by atoms with Gasteiger partial charge in [-0.1, -0.05) is 13.8 Å². The van der Waals surface area contributed by atoms with Crippen molar-refractivity contribution < 1.29 is 4.92 Å². The second kappa shape index (κ2) is 4.48. The van der Waals surface area contributed by atoms with Crippen molar-refractivity contribution in [3.05, 3.63) is 46.3 Å². The Bertz CT molecular complexity index is 590. The topological polar surface area (TPSA) is 87.0 Å². The molecule has 0 spiro atoms. The van der Waals surface area contributed by atoms with Gasteiger partial charge in [-0.2, -0.15) is 5.10 Å². The second-order valence-corrected chi connectivity index (χ2v) is 4.34. The number of nitro groups is 1. The number of benzene rings is 1. The molecule has 2 rings (SSSR count). The van der Waals surface area contributed by atoms with Crippen LogP contribution in [0.3, 0.4) is 0 Å². The first-order valence-electron chi connectivity index (χ1n) is 5.59. The molecule has 0 saturated heterocycles. The Hall–Kier alpha value is -2.37. The molecule has 0 aliphatic rings. The highest BCUT2D eigenvalue weighted by Gasteiger charge is 2.12. The van der Waals surface area contributed by atoms with Crippen LogP contribution in [-0.2, 0) is 0 Å². The Balaban J connectivity index is 2.39. The standard InChI is InChI=1S/C12H14N4O2/c1-8(2)11-5-6-15(14-11)9-3-4-12(16(17)18)10(13)7-9/h3-8H,13H2,1-2H3. The summed E-state index contributed by atoms with van der Waals surface area (Å²) >= 11 is 0. The molecule has 0 saturated carbocycles. The summed E-state index contributed by atoms with van der Waals surface area (Å²) in [6, 6.07) is 6.49. The number of nitro benzene ring substituents is 1. The Morgan fingerprint density at radius 1 is 1.39 bits per heavy atom. The third-order valence-corrected chi connectivity index (χ3v) is 2.67. The molecule has 1 heterocycles. The van der Waals surface area contributed by atoms with Crippen LogP contribution in [0.15, 0.2) is 30.5 Å². The molecule has 0 bridgehead atoms. The number of hydrogen-bond acceptors (Lipinski definition) is 4. The maximum absolute atomic E-state index is 10.7. The van der Waals surface area contributed by atoms with Crippen LogP contribution in [0.2, 0.25) is 0 Å². The molecule has 0 unspecified atom stereocenters. The lowest BCUT2D eigenvalue weighted by molar-refractivity contribution is -0.383. The monoisotopic (exact) mass is 246 g/mol. The van der Waals surface area contributed by atoms with E-state index in [9.17, 15) is 10.1 Å². The molecule has 0 aliphatic carbocycles. The van der Waals surface area contributed by atoms with Crippen molar-refractivity contribution in [2.24, 2.45) is 0 Å². The molecule has 2 aromatic rings. The fourth-order valence-electron chi connectivity index (χ4n) is 1.64. The molecule has 0 atom stereocenters. The van der Waals surface area contributed by atoms with Crippen molar-refractivity contribution in [3.63, 3.8) is 0 Å². The van der Waals surface area contributed by atoms with Gasteiger partial charge in [-0.25, -0.2) is 4.68 Å². The van der Waals surface area contributed by atoms with E-state index >= 15 is 0 Å². The normalized spacial score (nSPS) is 10.8. The minimum absolute atomic E-state index is 0.0880. The third-order valence-electron chi connectivity index (χ3n) is 2.67. The predicted octanol–water partition coefficient (Wildman–Crippen LogP) is 2.49. The highest BCUT2D eigenvalue weighted by Crippen LogP contribution is 2.24. The van der Waals surface area contributed by atoms with E-state index < -0.39 is 4.92 Å². The average Bonchev–Trinajstić information content (AvgIpc) is 2.77. The van der Waals surface area contributed by atoms with Crippen molar-refractivity contribution in [3.8, 4) is 5.69 Å². The summed E-state index contributed by atoms with van der Waals surface area (Å²) in [5.41, 5.74) is 7.37. The zero-order valence-corrected chi connectivity index (χ0v) is 10.2. The number of aromatic nitrogens is 2. The van der Waals surface area contributed by atoms with Gasteiger partial charge >= 0.3 is 0 Å². The first kappa shape index (κ1) is 12.1. The summed E-state index contributed by atoms with van der Waals surface area (Å²) in [5, 5.41) is 15.1.